The zero-order chi connectivity index (χ0) is 14.3. The van der Waals surface area contributed by atoms with E-state index in [2.05, 4.69) is 0 Å². The molecular formula is C12H12F3NO3. The van der Waals surface area contributed by atoms with Gasteiger partial charge in [0, 0.05) is 5.56 Å². The van der Waals surface area contributed by atoms with Crippen LogP contribution in [0.1, 0.15) is 23.2 Å². The second kappa shape index (κ2) is 4.32. The number of carbonyl (C=O) groups is 1. The second-order valence-corrected chi connectivity index (χ2v) is 4.42. The topological polar surface area (TPSA) is 58.6 Å². The maximum absolute atomic E-state index is 12.7. The molecule has 0 radical (unpaired) electrons. The number of phenolic OH excluding ortho intramolecular Hbond substituents is 1. The summed E-state index contributed by atoms with van der Waals surface area (Å²) in [6.45, 7) is 0. The van der Waals surface area contributed by atoms with Crippen molar-refractivity contribution in [1.82, 2.24) is 5.32 Å². The van der Waals surface area contributed by atoms with Crippen LogP contribution >= 0.6 is 0 Å². The smallest absolute Gasteiger partial charge is 0.411 e. The fraction of sp³-hybridized carbons (Fsp3) is 0.417. The molecule has 1 fully saturated rings. The third-order valence-electron chi connectivity index (χ3n) is 3.09. The quantitative estimate of drug-likeness (QED) is 0.889. The lowest BCUT2D eigenvalue weighted by molar-refractivity contribution is -0.163. The lowest BCUT2D eigenvalue weighted by atomic mass is 10.1. The summed E-state index contributed by atoms with van der Waals surface area (Å²) in [6, 6.07) is 3.68. The van der Waals surface area contributed by atoms with Gasteiger partial charge in [-0.05, 0) is 31.0 Å². The number of halogens is 3. The fourth-order valence-electron chi connectivity index (χ4n) is 1.73. The summed E-state index contributed by atoms with van der Waals surface area (Å²) in [6.07, 6.45) is -4.70. The van der Waals surface area contributed by atoms with E-state index in [1.54, 1.807) is 0 Å². The maximum atomic E-state index is 12.7. The van der Waals surface area contributed by atoms with Gasteiger partial charge in [-0.1, -0.05) is 0 Å². The van der Waals surface area contributed by atoms with E-state index in [9.17, 15) is 23.1 Å². The Morgan fingerprint density at radius 1 is 1.42 bits per heavy atom. The van der Waals surface area contributed by atoms with E-state index in [0.717, 1.165) is 6.07 Å². The Labute approximate surface area is 107 Å². The van der Waals surface area contributed by atoms with E-state index in [4.69, 9.17) is 4.74 Å². The molecule has 0 bridgehead atoms. The first-order valence-corrected chi connectivity index (χ1v) is 5.55. The number of carbonyl (C=O) groups excluding carboxylic acids is 1. The Morgan fingerprint density at radius 3 is 2.47 bits per heavy atom. The number of ether oxygens (including phenoxy) is 1. The van der Waals surface area contributed by atoms with Crippen LogP contribution < -0.4 is 10.1 Å². The molecule has 0 unspecified atom stereocenters. The summed E-state index contributed by atoms with van der Waals surface area (Å²) in [5, 5.41) is 11.5. The molecule has 19 heavy (non-hydrogen) atoms. The highest BCUT2D eigenvalue weighted by molar-refractivity contribution is 5.95. The van der Waals surface area contributed by atoms with E-state index in [0.29, 0.717) is 0 Å². The van der Waals surface area contributed by atoms with Gasteiger partial charge in [-0.25, -0.2) is 0 Å². The Balaban J connectivity index is 2.15. The summed E-state index contributed by atoms with van der Waals surface area (Å²) in [5.74, 6) is -1.02. The Kier molecular flexibility index (Phi) is 3.07. The molecule has 104 valence electrons. The van der Waals surface area contributed by atoms with E-state index >= 15 is 0 Å². The summed E-state index contributed by atoms with van der Waals surface area (Å²) in [4.78, 5) is 11.7. The molecule has 1 saturated carbocycles. The van der Waals surface area contributed by atoms with Crippen molar-refractivity contribution in [2.24, 2.45) is 0 Å². The molecule has 7 heteroatoms. The fourth-order valence-corrected chi connectivity index (χ4v) is 1.73. The molecule has 2 rings (SSSR count). The van der Waals surface area contributed by atoms with Gasteiger partial charge in [-0.3, -0.25) is 4.79 Å². The van der Waals surface area contributed by atoms with Crippen LogP contribution in [0.4, 0.5) is 13.2 Å². The van der Waals surface area contributed by atoms with Crippen molar-refractivity contribution >= 4 is 5.91 Å². The molecule has 1 aliphatic rings. The van der Waals surface area contributed by atoms with Crippen molar-refractivity contribution in [2.45, 2.75) is 24.6 Å². The van der Waals surface area contributed by atoms with Crippen LogP contribution in [0.3, 0.4) is 0 Å². The van der Waals surface area contributed by atoms with Crippen LogP contribution in [0.15, 0.2) is 18.2 Å². The average Bonchev–Trinajstić information content (AvgIpc) is 3.09. The number of amides is 1. The van der Waals surface area contributed by atoms with Gasteiger partial charge in [0.15, 0.2) is 11.5 Å². The predicted molar refractivity (Wildman–Crippen MR) is 60.1 cm³/mol. The molecule has 1 amide bonds. The number of aromatic hydroxyl groups is 1. The highest BCUT2D eigenvalue weighted by Crippen LogP contribution is 2.49. The van der Waals surface area contributed by atoms with Crippen molar-refractivity contribution in [3.05, 3.63) is 23.8 Å². The maximum Gasteiger partial charge on any atom is 0.411 e. The van der Waals surface area contributed by atoms with E-state index in [1.165, 1.54) is 19.2 Å². The minimum atomic E-state index is -4.46. The minimum absolute atomic E-state index is 0.0474. The molecule has 1 aliphatic carbocycles. The van der Waals surface area contributed by atoms with Crippen LogP contribution in [-0.2, 0) is 0 Å². The summed E-state index contributed by atoms with van der Waals surface area (Å²) in [7, 11) is 1.33. The largest absolute Gasteiger partial charge is 0.504 e. The molecule has 0 atom stereocenters. The number of benzene rings is 1. The van der Waals surface area contributed by atoms with Gasteiger partial charge in [0.05, 0.1) is 7.11 Å². The second-order valence-electron chi connectivity index (χ2n) is 4.42. The van der Waals surface area contributed by atoms with Gasteiger partial charge >= 0.3 is 6.18 Å². The zero-order valence-electron chi connectivity index (χ0n) is 10.0. The van der Waals surface area contributed by atoms with E-state index < -0.39 is 17.6 Å². The molecular weight excluding hydrogens is 263 g/mol. The first-order chi connectivity index (χ1) is 8.79. The van der Waals surface area contributed by atoms with Gasteiger partial charge < -0.3 is 15.2 Å². The van der Waals surface area contributed by atoms with Crippen LogP contribution in [0.5, 0.6) is 11.5 Å². The van der Waals surface area contributed by atoms with Gasteiger partial charge in [-0.15, -0.1) is 0 Å². The molecule has 0 aromatic heterocycles. The average molecular weight is 275 g/mol. The number of hydrogen-bond acceptors (Lipinski definition) is 3. The Bertz CT molecular complexity index is 509. The number of nitrogens with one attached hydrogen (secondary N) is 1. The lowest BCUT2D eigenvalue weighted by Crippen LogP contribution is -2.47. The molecule has 0 heterocycles. The molecule has 4 nitrogen and oxygen atoms in total. The predicted octanol–water partition coefficient (Wildman–Crippen LogP) is 2.23. The van der Waals surface area contributed by atoms with Gasteiger partial charge in [0.1, 0.15) is 5.54 Å². The number of methoxy groups -OCH3 is 1. The van der Waals surface area contributed by atoms with Crippen LogP contribution in [0.25, 0.3) is 0 Å². The first-order valence-electron chi connectivity index (χ1n) is 5.55. The van der Waals surface area contributed by atoms with Gasteiger partial charge in [0.25, 0.3) is 5.91 Å². The highest BCUT2D eigenvalue weighted by atomic mass is 19.4. The summed E-state index contributed by atoms with van der Waals surface area (Å²) < 4.78 is 42.8. The van der Waals surface area contributed by atoms with Crippen molar-refractivity contribution in [2.75, 3.05) is 7.11 Å². The SMILES string of the molecule is COc1ccc(C(=O)NC2(C(F)(F)F)CC2)cc1O. The normalized spacial score (nSPS) is 16.8. The van der Waals surface area contributed by atoms with Crippen molar-refractivity contribution in [3.8, 4) is 11.5 Å². The van der Waals surface area contributed by atoms with E-state index in [1.807, 2.05) is 5.32 Å². The Hall–Kier alpha value is -1.92. The summed E-state index contributed by atoms with van der Waals surface area (Å²) >= 11 is 0. The minimum Gasteiger partial charge on any atom is -0.504 e. The van der Waals surface area contributed by atoms with Crippen LogP contribution in [0, 0.1) is 0 Å². The molecule has 0 spiro atoms. The zero-order valence-corrected chi connectivity index (χ0v) is 10.0. The molecule has 0 aliphatic heterocycles. The van der Waals surface area contributed by atoms with E-state index in [-0.39, 0.29) is 29.9 Å². The molecule has 0 saturated heterocycles. The highest BCUT2D eigenvalue weighted by Gasteiger charge is 2.64. The lowest BCUT2D eigenvalue weighted by Gasteiger charge is -2.20. The standard InChI is InChI=1S/C12H12F3NO3/c1-19-9-3-2-7(6-8(9)17)10(18)16-11(4-5-11)12(13,14)15/h2-3,6,17H,4-5H2,1H3,(H,16,18). The van der Waals surface area contributed by atoms with Crippen LogP contribution in [0.2, 0.25) is 0 Å². The van der Waals surface area contributed by atoms with Gasteiger partial charge in [0.2, 0.25) is 0 Å². The third kappa shape index (κ3) is 2.45. The number of alkyl halides is 3. The first kappa shape index (κ1) is 13.5. The number of rotatable bonds is 3. The van der Waals surface area contributed by atoms with Crippen molar-refractivity contribution in [3.63, 3.8) is 0 Å². The third-order valence-corrected chi connectivity index (χ3v) is 3.09. The monoisotopic (exact) mass is 275 g/mol. The van der Waals surface area contributed by atoms with Gasteiger partial charge in [-0.2, -0.15) is 13.2 Å². The van der Waals surface area contributed by atoms with Crippen molar-refractivity contribution < 1.29 is 27.8 Å². The molecule has 1 aromatic rings. The summed E-state index contributed by atoms with van der Waals surface area (Å²) in [5.41, 5.74) is -2.16. The number of phenols is 1. The molecule has 1 aromatic carbocycles. The van der Waals surface area contributed by atoms with Crippen molar-refractivity contribution in [1.29, 1.82) is 0 Å². The molecule has 2 N–H and O–H groups in total. The number of hydrogen-bond donors (Lipinski definition) is 2. The van der Waals surface area contributed by atoms with Crippen LogP contribution in [-0.4, -0.2) is 29.8 Å². The Morgan fingerprint density at radius 2 is 2.05 bits per heavy atom.